The molecule has 0 saturated carbocycles. The van der Waals surface area contributed by atoms with E-state index in [0.29, 0.717) is 10.6 Å². The van der Waals surface area contributed by atoms with Gasteiger partial charge in [0, 0.05) is 29.6 Å². The first kappa shape index (κ1) is 18.8. The van der Waals surface area contributed by atoms with E-state index in [1.54, 1.807) is 12.2 Å². The maximum absolute atomic E-state index is 11.9. The largest absolute Gasteiger partial charge is 0.354 e. The van der Waals surface area contributed by atoms with Crippen LogP contribution in [0.5, 0.6) is 0 Å². The van der Waals surface area contributed by atoms with Crippen molar-refractivity contribution in [2.75, 3.05) is 13.1 Å². The average molecular weight is 365 g/mol. The third-order valence-corrected chi connectivity index (χ3v) is 4.28. The molecule has 0 aromatic carbocycles. The molecule has 0 aromatic heterocycles. The number of carbonyl (C=O) groups is 1. The van der Waals surface area contributed by atoms with Gasteiger partial charge in [-0.2, -0.15) is 0 Å². The molecule has 0 unspecified atom stereocenters. The summed E-state index contributed by atoms with van der Waals surface area (Å²) in [5.41, 5.74) is 7.00. The van der Waals surface area contributed by atoms with Gasteiger partial charge in [-0.3, -0.25) is 4.79 Å². The van der Waals surface area contributed by atoms with Crippen molar-refractivity contribution in [3.8, 4) is 0 Å². The second kappa shape index (κ2) is 9.67. The van der Waals surface area contributed by atoms with E-state index in [1.807, 2.05) is 30.6 Å². The van der Waals surface area contributed by atoms with Gasteiger partial charge in [0.15, 0.2) is 0 Å². The molecule has 3 nitrogen and oxygen atoms in total. The van der Waals surface area contributed by atoms with E-state index in [4.69, 9.17) is 28.9 Å². The molecule has 128 valence electrons. The van der Waals surface area contributed by atoms with Crippen LogP contribution in [0, 0.1) is 0 Å². The van der Waals surface area contributed by atoms with E-state index in [9.17, 15) is 4.79 Å². The number of unbranched alkanes of at least 4 members (excludes halogenated alkanes) is 3. The zero-order valence-corrected chi connectivity index (χ0v) is 15.1. The summed E-state index contributed by atoms with van der Waals surface area (Å²) in [7, 11) is 0. The number of halogens is 2. The van der Waals surface area contributed by atoms with Crippen molar-refractivity contribution in [3.05, 3.63) is 70.1 Å². The molecule has 24 heavy (non-hydrogen) atoms. The molecule has 0 amide bonds. The van der Waals surface area contributed by atoms with E-state index in [1.165, 1.54) is 18.9 Å². The summed E-state index contributed by atoms with van der Waals surface area (Å²) in [5.74, 6) is -0.208. The van der Waals surface area contributed by atoms with Crippen molar-refractivity contribution in [1.29, 1.82) is 0 Å². The summed E-state index contributed by atoms with van der Waals surface area (Å²) in [6.45, 7) is 1.78. The molecule has 0 atom stereocenters. The van der Waals surface area contributed by atoms with Crippen molar-refractivity contribution < 1.29 is 4.79 Å². The number of hydrogen-bond donors (Lipinski definition) is 1. The summed E-state index contributed by atoms with van der Waals surface area (Å²) in [5, 5.41) is 0.600. The predicted molar refractivity (Wildman–Crippen MR) is 102 cm³/mol. The number of carbonyl (C=O) groups excluding carboxylic acids is 1. The third-order valence-electron chi connectivity index (χ3n) is 3.78. The first-order valence-corrected chi connectivity index (χ1v) is 8.89. The Hall–Kier alpha value is -1.55. The molecular weight excluding hydrogens is 343 g/mol. The molecule has 1 aliphatic heterocycles. The van der Waals surface area contributed by atoms with Crippen molar-refractivity contribution >= 4 is 29.0 Å². The standard InChI is InChI=1S/C19H22Cl2N2O/c20-17-13-16(19(24)18(21)14-17)6-5-15-7-11-23(12-8-15)10-4-2-1-3-9-22/h5-8,11-14H,1-4,9-10,22H2. The number of allylic oxidation sites excluding steroid dienone is 10. The monoisotopic (exact) mass is 364 g/mol. The molecule has 0 radical (unpaired) electrons. The van der Waals surface area contributed by atoms with Gasteiger partial charge in [-0.05, 0) is 49.3 Å². The van der Waals surface area contributed by atoms with Gasteiger partial charge in [-0.25, -0.2) is 0 Å². The summed E-state index contributed by atoms with van der Waals surface area (Å²) in [4.78, 5) is 14.1. The number of Topliss-reactive ketones (excluding diaryl/α,β-unsaturated/α-hetero) is 1. The Morgan fingerprint density at radius 2 is 1.71 bits per heavy atom. The van der Waals surface area contributed by atoms with Gasteiger partial charge in [-0.1, -0.05) is 48.2 Å². The number of rotatable bonds is 7. The summed E-state index contributed by atoms with van der Waals surface area (Å²) < 4.78 is 0. The first-order chi connectivity index (χ1) is 11.6. The molecule has 0 fully saturated rings. The fourth-order valence-corrected chi connectivity index (χ4v) is 2.92. The van der Waals surface area contributed by atoms with Crippen LogP contribution in [0.1, 0.15) is 25.7 Å². The maximum atomic E-state index is 11.9. The van der Waals surface area contributed by atoms with E-state index in [-0.39, 0.29) is 10.8 Å². The van der Waals surface area contributed by atoms with Gasteiger partial charge in [0.05, 0.1) is 5.03 Å². The highest BCUT2D eigenvalue weighted by molar-refractivity contribution is 6.48. The van der Waals surface area contributed by atoms with E-state index >= 15 is 0 Å². The Morgan fingerprint density at radius 1 is 1.00 bits per heavy atom. The van der Waals surface area contributed by atoms with Crippen molar-refractivity contribution in [3.63, 3.8) is 0 Å². The van der Waals surface area contributed by atoms with Gasteiger partial charge in [-0.15, -0.1) is 0 Å². The fraction of sp³-hybridized carbons (Fsp3) is 0.316. The number of hydrogen-bond acceptors (Lipinski definition) is 3. The van der Waals surface area contributed by atoms with E-state index in [0.717, 1.165) is 31.5 Å². The lowest BCUT2D eigenvalue weighted by molar-refractivity contribution is -0.111. The van der Waals surface area contributed by atoms with E-state index < -0.39 is 0 Å². The first-order valence-electron chi connectivity index (χ1n) is 8.13. The minimum atomic E-state index is -0.208. The molecule has 0 aromatic rings. The minimum absolute atomic E-state index is 0.141. The van der Waals surface area contributed by atoms with Gasteiger partial charge in [0.2, 0.25) is 5.78 Å². The number of nitrogens with zero attached hydrogens (tertiary/aromatic N) is 1. The highest BCUT2D eigenvalue weighted by Crippen LogP contribution is 2.24. The van der Waals surface area contributed by atoms with Crippen LogP contribution in [-0.2, 0) is 4.79 Å². The SMILES string of the molecule is NCCCCCCN1C=CC(=CC=C2C=C(Cl)C=C(Cl)C2=O)C=C1. The second-order valence-electron chi connectivity index (χ2n) is 5.71. The summed E-state index contributed by atoms with van der Waals surface area (Å²) >= 11 is 11.8. The van der Waals surface area contributed by atoms with Crippen molar-refractivity contribution in [1.82, 2.24) is 4.90 Å². The molecule has 1 aliphatic carbocycles. The van der Waals surface area contributed by atoms with Gasteiger partial charge in [0.25, 0.3) is 0 Å². The van der Waals surface area contributed by atoms with E-state index in [2.05, 4.69) is 4.90 Å². The van der Waals surface area contributed by atoms with Gasteiger partial charge in [0.1, 0.15) is 0 Å². The lowest BCUT2D eigenvalue weighted by Crippen LogP contribution is -2.13. The molecule has 0 saturated heterocycles. The summed E-state index contributed by atoms with van der Waals surface area (Å²) in [6, 6.07) is 0. The molecule has 2 N–H and O–H groups in total. The Balaban J connectivity index is 1.87. The molecule has 0 bridgehead atoms. The smallest absolute Gasteiger partial charge is 0.204 e. The van der Waals surface area contributed by atoms with Gasteiger partial charge >= 0.3 is 0 Å². The Kier molecular flexibility index (Phi) is 7.57. The number of ketones is 1. The Bertz CT molecular complexity index is 638. The molecule has 0 spiro atoms. The zero-order valence-electron chi connectivity index (χ0n) is 13.6. The predicted octanol–water partition coefficient (Wildman–Crippen LogP) is 4.53. The van der Waals surface area contributed by atoms with Crippen molar-refractivity contribution in [2.45, 2.75) is 25.7 Å². The third kappa shape index (κ3) is 5.82. The normalized spacial score (nSPS) is 19.0. The molecule has 2 aliphatic rings. The van der Waals surface area contributed by atoms with Crippen LogP contribution in [0.15, 0.2) is 70.1 Å². The minimum Gasteiger partial charge on any atom is -0.354 e. The number of nitrogens with two attached hydrogens (primary N) is 1. The maximum Gasteiger partial charge on any atom is 0.204 e. The Labute approximate surface area is 153 Å². The molecule has 1 heterocycles. The van der Waals surface area contributed by atoms with Crippen LogP contribution in [-0.4, -0.2) is 23.8 Å². The lowest BCUT2D eigenvalue weighted by atomic mass is 10.0. The van der Waals surface area contributed by atoms with Crippen molar-refractivity contribution in [2.24, 2.45) is 5.73 Å². The highest BCUT2D eigenvalue weighted by Gasteiger charge is 2.16. The highest BCUT2D eigenvalue weighted by atomic mass is 35.5. The summed E-state index contributed by atoms with van der Waals surface area (Å²) in [6.07, 6.45) is 19.5. The molecular formula is C19H22Cl2N2O. The van der Waals surface area contributed by atoms with Gasteiger partial charge < -0.3 is 10.6 Å². The Morgan fingerprint density at radius 3 is 2.42 bits per heavy atom. The van der Waals surface area contributed by atoms with Crippen LogP contribution >= 0.6 is 23.2 Å². The topological polar surface area (TPSA) is 46.3 Å². The fourth-order valence-electron chi connectivity index (χ4n) is 2.41. The molecule has 5 heteroatoms. The van der Waals surface area contributed by atoms with Crippen LogP contribution in [0.25, 0.3) is 0 Å². The molecule has 2 rings (SSSR count). The van der Waals surface area contributed by atoms with Crippen LogP contribution in [0.2, 0.25) is 0 Å². The quantitative estimate of drug-likeness (QED) is 0.533. The average Bonchev–Trinajstić information content (AvgIpc) is 2.57. The lowest BCUT2D eigenvalue weighted by Gasteiger charge is -2.18. The van der Waals surface area contributed by atoms with Crippen LogP contribution in [0.3, 0.4) is 0 Å². The van der Waals surface area contributed by atoms with Crippen LogP contribution in [0.4, 0.5) is 0 Å². The zero-order chi connectivity index (χ0) is 17.4. The second-order valence-corrected chi connectivity index (χ2v) is 6.56. The van der Waals surface area contributed by atoms with Crippen LogP contribution < -0.4 is 5.73 Å².